The van der Waals surface area contributed by atoms with Crippen LogP contribution in [0.25, 0.3) is 0 Å². The molecule has 1 aromatic rings. The average molecular weight is 162 g/mol. The summed E-state index contributed by atoms with van der Waals surface area (Å²) in [6, 6.07) is 4.38. The first-order valence-corrected chi connectivity index (χ1v) is 4.23. The Hall–Kier alpha value is -1.11. The molecule has 1 nitrogen and oxygen atoms in total. The van der Waals surface area contributed by atoms with E-state index in [1.54, 1.807) is 0 Å². The molecule has 0 aromatic carbocycles. The van der Waals surface area contributed by atoms with Crippen LogP contribution in [0.1, 0.15) is 17.0 Å². The van der Waals surface area contributed by atoms with Crippen LogP contribution >= 0.6 is 0 Å². The molecule has 0 fully saturated rings. The van der Waals surface area contributed by atoms with Gasteiger partial charge in [0.25, 0.3) is 0 Å². The van der Waals surface area contributed by atoms with Gasteiger partial charge in [-0.05, 0) is 18.6 Å². The number of hydrogen-bond donors (Lipinski definition) is 0. The predicted molar refractivity (Wildman–Crippen MR) is 51.0 cm³/mol. The number of nitrogens with zero attached hydrogens (tertiary/aromatic N) is 1. The van der Waals surface area contributed by atoms with Gasteiger partial charge >= 0.3 is 0 Å². The van der Waals surface area contributed by atoms with Gasteiger partial charge in [0, 0.05) is 26.0 Å². The molecule has 0 aliphatic heterocycles. The summed E-state index contributed by atoms with van der Waals surface area (Å²) >= 11 is 0. The maximum absolute atomic E-state index is 3.74. The molecule has 12 heavy (non-hydrogen) atoms. The van der Waals surface area contributed by atoms with Crippen LogP contribution < -0.4 is 4.57 Å². The minimum absolute atomic E-state index is 0.901. The third-order valence-electron chi connectivity index (χ3n) is 2.04. The second-order valence-corrected chi connectivity index (χ2v) is 3.21. The van der Waals surface area contributed by atoms with Crippen LogP contribution in [-0.4, -0.2) is 0 Å². The zero-order valence-corrected chi connectivity index (χ0v) is 8.09. The van der Waals surface area contributed by atoms with Crippen LogP contribution in [-0.2, 0) is 6.54 Å². The lowest BCUT2D eigenvalue weighted by Crippen LogP contribution is -2.39. The van der Waals surface area contributed by atoms with Crippen molar-refractivity contribution in [2.45, 2.75) is 27.3 Å². The summed E-state index contributed by atoms with van der Waals surface area (Å²) < 4.78 is 2.25. The molecule has 1 rings (SSSR count). The van der Waals surface area contributed by atoms with E-state index in [0.29, 0.717) is 0 Å². The number of hydrogen-bond acceptors (Lipinski definition) is 0. The third-order valence-corrected chi connectivity index (χ3v) is 2.04. The molecule has 0 radical (unpaired) electrons. The van der Waals surface area contributed by atoms with Crippen LogP contribution in [0.2, 0.25) is 0 Å². The Bertz CT molecular complexity index is 277. The summed E-state index contributed by atoms with van der Waals surface area (Å²) in [6.07, 6.45) is 1.93. The first kappa shape index (κ1) is 8.98. The predicted octanol–water partition coefficient (Wildman–Crippen LogP) is 2.09. The molecule has 0 atom stereocenters. The van der Waals surface area contributed by atoms with Gasteiger partial charge in [-0.15, -0.1) is 0 Å². The number of rotatable bonds is 2. The number of aryl methyl sites for hydroxylation is 3. The smallest absolute Gasteiger partial charge is 0.179 e. The van der Waals surface area contributed by atoms with E-state index in [0.717, 1.165) is 6.54 Å². The van der Waals surface area contributed by atoms with Gasteiger partial charge in [-0.1, -0.05) is 6.58 Å². The molecule has 1 heterocycles. The van der Waals surface area contributed by atoms with Gasteiger partial charge in [0.15, 0.2) is 17.9 Å². The van der Waals surface area contributed by atoms with Crippen LogP contribution in [0, 0.1) is 20.8 Å². The quantitative estimate of drug-likeness (QED) is 0.463. The number of aromatic nitrogens is 1. The van der Waals surface area contributed by atoms with E-state index in [1.165, 1.54) is 17.0 Å². The van der Waals surface area contributed by atoms with Crippen molar-refractivity contribution in [1.29, 1.82) is 0 Å². The Balaban J connectivity index is 3.18. The highest BCUT2D eigenvalue weighted by Crippen LogP contribution is 2.01. The Kier molecular flexibility index (Phi) is 2.64. The summed E-state index contributed by atoms with van der Waals surface area (Å²) in [7, 11) is 0. The van der Waals surface area contributed by atoms with Crippen LogP contribution in [0.3, 0.4) is 0 Å². The average Bonchev–Trinajstić information content (AvgIpc) is 1.96. The standard InChI is InChI=1S/C11H16N/c1-5-6-12-10(3)7-9(2)8-11(12)4/h5,7-8H,1,6H2,2-4H3/q+1. The highest BCUT2D eigenvalue weighted by molar-refractivity contribution is 5.13. The van der Waals surface area contributed by atoms with Crippen molar-refractivity contribution in [3.63, 3.8) is 0 Å². The molecule has 1 aromatic heterocycles. The van der Waals surface area contributed by atoms with Crippen molar-refractivity contribution >= 4 is 0 Å². The summed E-state index contributed by atoms with van der Waals surface area (Å²) in [5.74, 6) is 0. The van der Waals surface area contributed by atoms with Gasteiger partial charge < -0.3 is 0 Å². The van der Waals surface area contributed by atoms with Crippen molar-refractivity contribution in [3.8, 4) is 0 Å². The van der Waals surface area contributed by atoms with Gasteiger partial charge in [0.2, 0.25) is 0 Å². The maximum Gasteiger partial charge on any atom is 0.179 e. The van der Waals surface area contributed by atoms with E-state index in [-0.39, 0.29) is 0 Å². The Morgan fingerprint density at radius 3 is 2.17 bits per heavy atom. The zero-order chi connectivity index (χ0) is 9.14. The van der Waals surface area contributed by atoms with Crippen molar-refractivity contribution < 1.29 is 4.57 Å². The van der Waals surface area contributed by atoms with Crippen LogP contribution in [0.15, 0.2) is 24.8 Å². The fourth-order valence-electron chi connectivity index (χ4n) is 1.55. The largest absolute Gasteiger partial charge is 0.197 e. The van der Waals surface area contributed by atoms with E-state index >= 15 is 0 Å². The van der Waals surface area contributed by atoms with Gasteiger partial charge in [-0.3, -0.25) is 0 Å². The monoisotopic (exact) mass is 162 g/mol. The van der Waals surface area contributed by atoms with E-state index < -0.39 is 0 Å². The lowest BCUT2D eigenvalue weighted by Gasteiger charge is -2.02. The van der Waals surface area contributed by atoms with E-state index in [2.05, 4.69) is 44.0 Å². The SMILES string of the molecule is C=CC[n+]1c(C)cc(C)cc1C. The lowest BCUT2D eigenvalue weighted by atomic mass is 10.2. The fraction of sp³-hybridized carbons (Fsp3) is 0.364. The molecule has 0 amide bonds. The van der Waals surface area contributed by atoms with Crippen molar-refractivity contribution in [2.24, 2.45) is 0 Å². The van der Waals surface area contributed by atoms with Crippen LogP contribution in [0.5, 0.6) is 0 Å². The third kappa shape index (κ3) is 1.73. The van der Waals surface area contributed by atoms with Gasteiger partial charge in [-0.2, -0.15) is 4.57 Å². The molecule has 0 bridgehead atoms. The summed E-state index contributed by atoms with van der Waals surface area (Å²) in [5.41, 5.74) is 3.92. The number of allylic oxidation sites excluding steroid dienone is 1. The minimum atomic E-state index is 0.901. The van der Waals surface area contributed by atoms with Crippen molar-refractivity contribution in [3.05, 3.63) is 41.7 Å². The Morgan fingerprint density at radius 1 is 1.25 bits per heavy atom. The molecular weight excluding hydrogens is 146 g/mol. The summed E-state index contributed by atoms with van der Waals surface area (Å²) in [4.78, 5) is 0. The Morgan fingerprint density at radius 2 is 1.75 bits per heavy atom. The highest BCUT2D eigenvalue weighted by Gasteiger charge is 2.08. The Labute approximate surface area is 74.4 Å². The topological polar surface area (TPSA) is 3.88 Å². The van der Waals surface area contributed by atoms with Gasteiger partial charge in [-0.25, -0.2) is 0 Å². The van der Waals surface area contributed by atoms with Gasteiger partial charge in [0.1, 0.15) is 0 Å². The summed E-state index contributed by atoms with van der Waals surface area (Å²) in [6.45, 7) is 11.0. The molecular formula is C11H16N+. The molecule has 0 saturated carbocycles. The van der Waals surface area contributed by atoms with E-state index in [1.807, 2.05) is 6.08 Å². The first-order chi connectivity index (χ1) is 5.65. The summed E-state index contributed by atoms with van der Waals surface area (Å²) in [5, 5.41) is 0. The van der Waals surface area contributed by atoms with Crippen molar-refractivity contribution in [2.75, 3.05) is 0 Å². The molecule has 0 saturated heterocycles. The molecule has 64 valence electrons. The molecule has 0 unspecified atom stereocenters. The second-order valence-electron chi connectivity index (χ2n) is 3.21. The molecule has 0 N–H and O–H groups in total. The molecule has 0 spiro atoms. The van der Waals surface area contributed by atoms with Crippen LogP contribution in [0.4, 0.5) is 0 Å². The number of pyridine rings is 1. The van der Waals surface area contributed by atoms with E-state index in [4.69, 9.17) is 0 Å². The fourth-order valence-corrected chi connectivity index (χ4v) is 1.55. The van der Waals surface area contributed by atoms with Crippen molar-refractivity contribution in [1.82, 2.24) is 0 Å². The molecule has 0 aliphatic carbocycles. The first-order valence-electron chi connectivity index (χ1n) is 4.23. The minimum Gasteiger partial charge on any atom is -0.197 e. The molecule has 0 aliphatic rings. The lowest BCUT2D eigenvalue weighted by molar-refractivity contribution is -0.698. The highest BCUT2D eigenvalue weighted by atomic mass is 15.0. The normalized spacial score (nSPS) is 9.92. The van der Waals surface area contributed by atoms with Gasteiger partial charge in [0.05, 0.1) is 0 Å². The zero-order valence-electron chi connectivity index (χ0n) is 8.09. The molecule has 1 heteroatoms. The second kappa shape index (κ2) is 3.53. The van der Waals surface area contributed by atoms with E-state index in [9.17, 15) is 0 Å². The maximum atomic E-state index is 3.74.